The zero-order valence-corrected chi connectivity index (χ0v) is 15.6. The summed E-state index contributed by atoms with van der Waals surface area (Å²) in [5, 5.41) is 18.2. The van der Waals surface area contributed by atoms with Crippen LogP contribution in [0, 0.1) is 22.7 Å². The van der Waals surface area contributed by atoms with E-state index in [-0.39, 0.29) is 37.3 Å². The van der Waals surface area contributed by atoms with E-state index in [2.05, 4.69) is 12.1 Å². The molecule has 0 saturated carbocycles. The maximum Gasteiger partial charge on any atom is 0.128 e. The number of nitriles is 2. The van der Waals surface area contributed by atoms with Crippen molar-refractivity contribution in [3.05, 3.63) is 23.7 Å². The molecule has 0 aliphatic carbocycles. The van der Waals surface area contributed by atoms with Gasteiger partial charge >= 0.3 is 0 Å². The van der Waals surface area contributed by atoms with Gasteiger partial charge < -0.3 is 28.4 Å². The Hall–Kier alpha value is -2.10. The van der Waals surface area contributed by atoms with E-state index in [0.29, 0.717) is 26.4 Å². The first-order valence-corrected chi connectivity index (χ1v) is 9.74. The van der Waals surface area contributed by atoms with Gasteiger partial charge in [0.2, 0.25) is 0 Å². The summed E-state index contributed by atoms with van der Waals surface area (Å²) in [4.78, 5) is 0. The fourth-order valence-electron chi connectivity index (χ4n) is 4.00. The van der Waals surface area contributed by atoms with Crippen molar-refractivity contribution in [2.24, 2.45) is 0 Å². The van der Waals surface area contributed by atoms with Gasteiger partial charge in [0.25, 0.3) is 0 Å². The van der Waals surface area contributed by atoms with Gasteiger partial charge in [-0.2, -0.15) is 10.5 Å². The Morgan fingerprint density at radius 1 is 0.857 bits per heavy atom. The molecule has 0 N–H and O–H groups in total. The number of hydrogen-bond acceptors (Lipinski definition) is 8. The highest BCUT2D eigenvalue weighted by Crippen LogP contribution is 2.34. The molecule has 0 bridgehead atoms. The first kappa shape index (κ1) is 19.2. The van der Waals surface area contributed by atoms with Crippen LogP contribution in [0.15, 0.2) is 23.7 Å². The van der Waals surface area contributed by atoms with Crippen LogP contribution in [-0.4, -0.2) is 63.1 Å². The van der Waals surface area contributed by atoms with Gasteiger partial charge in [-0.05, 0) is 12.2 Å². The van der Waals surface area contributed by atoms with E-state index in [1.807, 2.05) is 12.2 Å². The molecule has 4 heterocycles. The Kier molecular flexibility index (Phi) is 6.13. The molecule has 4 aliphatic heterocycles. The van der Waals surface area contributed by atoms with E-state index in [4.69, 9.17) is 38.9 Å². The minimum Gasteiger partial charge on any atom is -0.495 e. The predicted octanol–water partition coefficient (Wildman–Crippen LogP) is 1.73. The molecule has 8 nitrogen and oxygen atoms in total. The quantitative estimate of drug-likeness (QED) is 0.619. The molecule has 6 atom stereocenters. The summed E-state index contributed by atoms with van der Waals surface area (Å²) in [6.45, 7) is 1.98. The molecule has 0 aromatic rings. The van der Waals surface area contributed by atoms with E-state index in [9.17, 15) is 0 Å². The molecule has 4 aliphatic rings. The molecule has 0 aromatic heterocycles. The second-order valence-corrected chi connectivity index (χ2v) is 7.13. The summed E-state index contributed by atoms with van der Waals surface area (Å²) in [6, 6.07) is 4.31. The zero-order chi connectivity index (χ0) is 19.3. The third kappa shape index (κ3) is 4.01. The topological polar surface area (TPSA) is 103 Å². The van der Waals surface area contributed by atoms with Crippen molar-refractivity contribution in [2.75, 3.05) is 26.4 Å². The van der Waals surface area contributed by atoms with Crippen molar-refractivity contribution in [3.63, 3.8) is 0 Å². The molecule has 0 amide bonds. The van der Waals surface area contributed by atoms with Crippen LogP contribution in [0.2, 0.25) is 0 Å². The van der Waals surface area contributed by atoms with Crippen LogP contribution in [0.5, 0.6) is 0 Å². The molecule has 0 aromatic carbocycles. The highest BCUT2D eigenvalue weighted by atomic mass is 16.7. The lowest BCUT2D eigenvalue weighted by Gasteiger charge is -2.24. The van der Waals surface area contributed by atoms with Crippen LogP contribution in [0.3, 0.4) is 0 Å². The summed E-state index contributed by atoms with van der Waals surface area (Å²) < 4.78 is 35.3. The Balaban J connectivity index is 1.37. The number of rotatable bonds is 8. The Labute approximate surface area is 164 Å². The zero-order valence-electron chi connectivity index (χ0n) is 15.6. The van der Waals surface area contributed by atoms with Gasteiger partial charge in [0.15, 0.2) is 0 Å². The van der Waals surface area contributed by atoms with Crippen LogP contribution in [0.25, 0.3) is 0 Å². The molecule has 0 spiro atoms. The molecular weight excluding hydrogens is 364 g/mol. The summed E-state index contributed by atoms with van der Waals surface area (Å²) in [6.07, 6.45) is 4.10. The van der Waals surface area contributed by atoms with Crippen molar-refractivity contribution in [2.45, 2.75) is 62.3 Å². The summed E-state index contributed by atoms with van der Waals surface area (Å²) in [5.74, 6) is 1.44. The second kappa shape index (κ2) is 8.93. The van der Waals surface area contributed by atoms with Crippen LogP contribution in [0.4, 0.5) is 0 Å². The molecular formula is C20H24N2O6. The first-order chi connectivity index (χ1) is 13.8. The number of fused-ring (bicyclic) bond motifs is 1. The number of nitrogens with zero attached hydrogens (tertiary/aromatic N) is 2. The van der Waals surface area contributed by atoms with E-state index in [0.717, 1.165) is 24.4 Å². The maximum absolute atomic E-state index is 9.12. The monoisotopic (exact) mass is 388 g/mol. The minimum atomic E-state index is -0.410. The molecule has 2 fully saturated rings. The average Bonchev–Trinajstić information content (AvgIpc) is 3.48. The van der Waals surface area contributed by atoms with Crippen LogP contribution in [0.1, 0.15) is 25.7 Å². The average molecular weight is 388 g/mol. The van der Waals surface area contributed by atoms with Gasteiger partial charge in [0.05, 0.1) is 51.4 Å². The molecule has 4 rings (SSSR count). The van der Waals surface area contributed by atoms with E-state index in [1.54, 1.807) is 0 Å². The van der Waals surface area contributed by atoms with Gasteiger partial charge in [0.1, 0.15) is 48.1 Å². The van der Waals surface area contributed by atoms with Crippen LogP contribution < -0.4 is 0 Å². The fraction of sp³-hybridized carbons (Fsp3) is 0.700. The van der Waals surface area contributed by atoms with Gasteiger partial charge in [-0.3, -0.25) is 0 Å². The van der Waals surface area contributed by atoms with E-state index >= 15 is 0 Å². The second-order valence-electron chi connectivity index (χ2n) is 7.13. The van der Waals surface area contributed by atoms with Crippen molar-refractivity contribution < 1.29 is 28.4 Å². The largest absolute Gasteiger partial charge is 0.495 e. The third-order valence-electron chi connectivity index (χ3n) is 5.29. The lowest BCUT2D eigenvalue weighted by Crippen LogP contribution is -2.38. The molecule has 6 unspecified atom stereocenters. The normalized spacial score (nSPS) is 33.1. The maximum atomic E-state index is 9.12. The summed E-state index contributed by atoms with van der Waals surface area (Å²) in [7, 11) is 0. The van der Waals surface area contributed by atoms with Crippen molar-refractivity contribution in [3.8, 4) is 12.1 Å². The van der Waals surface area contributed by atoms with Crippen molar-refractivity contribution in [1.82, 2.24) is 0 Å². The van der Waals surface area contributed by atoms with Crippen molar-refractivity contribution >= 4 is 0 Å². The molecule has 2 saturated heterocycles. The van der Waals surface area contributed by atoms with Gasteiger partial charge in [-0.15, -0.1) is 0 Å². The summed E-state index contributed by atoms with van der Waals surface area (Å²) >= 11 is 0. The smallest absolute Gasteiger partial charge is 0.128 e. The SMILES string of the molecule is N#CCC(OC1COC2C(OC(CC#N)C3=CCCO3)COC12)C1=CCCO1. The molecule has 0 radical (unpaired) electrons. The molecule has 28 heavy (non-hydrogen) atoms. The van der Waals surface area contributed by atoms with Crippen molar-refractivity contribution in [1.29, 1.82) is 10.5 Å². The van der Waals surface area contributed by atoms with Gasteiger partial charge in [-0.1, -0.05) is 0 Å². The molecule has 8 heteroatoms. The Morgan fingerprint density at radius 3 is 1.68 bits per heavy atom. The Morgan fingerprint density at radius 2 is 1.32 bits per heavy atom. The highest BCUT2D eigenvalue weighted by molar-refractivity contribution is 5.10. The summed E-state index contributed by atoms with van der Waals surface area (Å²) in [5.41, 5.74) is 0. The van der Waals surface area contributed by atoms with Crippen LogP contribution >= 0.6 is 0 Å². The lowest BCUT2D eigenvalue weighted by atomic mass is 10.1. The standard InChI is InChI=1S/C20H24N2O6/c21-7-5-15(13-3-1-9-23-13)27-17-11-25-20-18(12-26-19(17)20)28-16(6-8-22)14-4-2-10-24-14/h3-4,15-20H,1-2,5-6,9-12H2. The molecule has 150 valence electrons. The third-order valence-corrected chi connectivity index (χ3v) is 5.29. The van der Waals surface area contributed by atoms with Crippen LogP contribution in [-0.2, 0) is 28.4 Å². The minimum absolute atomic E-state index is 0.218. The van der Waals surface area contributed by atoms with Gasteiger partial charge in [-0.25, -0.2) is 0 Å². The van der Waals surface area contributed by atoms with E-state index in [1.165, 1.54) is 0 Å². The predicted molar refractivity (Wildman–Crippen MR) is 94.6 cm³/mol. The fourth-order valence-corrected chi connectivity index (χ4v) is 4.00. The Bertz CT molecular complexity index is 648. The lowest BCUT2D eigenvalue weighted by molar-refractivity contribution is -0.0857. The highest BCUT2D eigenvalue weighted by Gasteiger charge is 2.50. The van der Waals surface area contributed by atoms with E-state index < -0.39 is 12.2 Å². The first-order valence-electron chi connectivity index (χ1n) is 9.74. The number of hydrogen-bond donors (Lipinski definition) is 0. The number of ether oxygens (including phenoxy) is 6. The van der Waals surface area contributed by atoms with Gasteiger partial charge in [0, 0.05) is 12.8 Å².